The minimum absolute atomic E-state index is 0. The Balaban J connectivity index is 0. The number of amides is 6. The SMILES string of the molecule is CC(=O)[C@@H](C)CCCCNC(=O)CC[C@H](NC(=O)CC[C@H](NC(=O)COCCOCCNC(=O)COCCOCCNC(=O)CC[C@H](NC(=O)CCCCCCCCCCCCCCCCCCC(=O)O)C(=O)O)C(=O)O)C(=O)O.[HH]. The van der Waals surface area contributed by atoms with Crippen molar-refractivity contribution in [1.82, 2.24) is 31.9 Å². The van der Waals surface area contributed by atoms with E-state index < -0.39 is 78.7 Å². The number of unbranched alkanes of at least 4 members (excludes halogenated alkanes) is 16. The van der Waals surface area contributed by atoms with Crippen LogP contribution in [-0.2, 0) is 71.7 Å². The van der Waals surface area contributed by atoms with Crippen LogP contribution >= 0.6 is 0 Å². The van der Waals surface area contributed by atoms with E-state index in [1.54, 1.807) is 0 Å². The first-order chi connectivity index (χ1) is 38.3. The smallest absolute Gasteiger partial charge is 0.326 e. The van der Waals surface area contributed by atoms with Crippen LogP contribution in [0.5, 0.6) is 0 Å². The van der Waals surface area contributed by atoms with Gasteiger partial charge in [0.1, 0.15) is 37.1 Å². The Morgan fingerprint density at radius 3 is 1.10 bits per heavy atom. The molecule has 462 valence electrons. The average molecular weight is 1150 g/mol. The van der Waals surface area contributed by atoms with E-state index in [9.17, 15) is 68.1 Å². The van der Waals surface area contributed by atoms with Gasteiger partial charge >= 0.3 is 23.9 Å². The Morgan fingerprint density at radius 2 is 0.688 bits per heavy atom. The number of ketones is 1. The molecule has 25 nitrogen and oxygen atoms in total. The highest BCUT2D eigenvalue weighted by atomic mass is 16.5. The fourth-order valence-electron chi connectivity index (χ4n) is 7.93. The Hall–Kier alpha value is -5.79. The summed E-state index contributed by atoms with van der Waals surface area (Å²) in [5.41, 5.74) is 0. The Morgan fingerprint density at radius 1 is 0.350 bits per heavy atom. The van der Waals surface area contributed by atoms with E-state index in [1.165, 1.54) is 58.3 Å². The molecule has 0 aliphatic heterocycles. The van der Waals surface area contributed by atoms with Crippen LogP contribution in [0.3, 0.4) is 0 Å². The topological polar surface area (TPSA) is 378 Å². The van der Waals surface area contributed by atoms with Crippen LogP contribution in [0, 0.1) is 5.92 Å². The molecule has 0 aliphatic carbocycles. The zero-order valence-electron chi connectivity index (χ0n) is 47.6. The van der Waals surface area contributed by atoms with Crippen LogP contribution in [0.4, 0.5) is 0 Å². The number of carbonyl (C=O) groups excluding carboxylic acids is 7. The van der Waals surface area contributed by atoms with Gasteiger partial charge in [0.15, 0.2) is 0 Å². The summed E-state index contributed by atoms with van der Waals surface area (Å²) >= 11 is 0. The monoisotopic (exact) mass is 1150 g/mol. The fourth-order valence-corrected chi connectivity index (χ4v) is 7.93. The van der Waals surface area contributed by atoms with Gasteiger partial charge in [-0.25, -0.2) is 14.4 Å². The molecule has 0 saturated carbocycles. The summed E-state index contributed by atoms with van der Waals surface area (Å²) in [6.07, 6.45) is 18.8. The minimum atomic E-state index is -1.47. The maximum absolute atomic E-state index is 12.5. The van der Waals surface area contributed by atoms with Gasteiger partial charge in [-0.15, -0.1) is 0 Å². The predicted octanol–water partition coefficient (Wildman–Crippen LogP) is 4.20. The number of carbonyl (C=O) groups is 11. The summed E-state index contributed by atoms with van der Waals surface area (Å²) in [5.74, 6) is -7.81. The van der Waals surface area contributed by atoms with Gasteiger partial charge in [-0.2, -0.15) is 0 Å². The van der Waals surface area contributed by atoms with E-state index >= 15 is 0 Å². The zero-order chi connectivity index (χ0) is 59.6. The van der Waals surface area contributed by atoms with Gasteiger partial charge in [0, 0.05) is 59.1 Å². The number of nitrogens with one attached hydrogen (secondary N) is 6. The van der Waals surface area contributed by atoms with Crippen molar-refractivity contribution in [2.75, 3.05) is 72.5 Å². The summed E-state index contributed by atoms with van der Waals surface area (Å²) in [6.45, 7) is 3.75. The molecule has 6 amide bonds. The largest absolute Gasteiger partial charge is 0.481 e. The van der Waals surface area contributed by atoms with Crippen molar-refractivity contribution in [3.8, 4) is 0 Å². The lowest BCUT2D eigenvalue weighted by Gasteiger charge is -2.17. The highest BCUT2D eigenvalue weighted by Gasteiger charge is 2.25. The summed E-state index contributed by atoms with van der Waals surface area (Å²) in [4.78, 5) is 131. The van der Waals surface area contributed by atoms with E-state index in [4.69, 9.17) is 24.1 Å². The lowest BCUT2D eigenvalue weighted by atomic mass is 10.0. The fraction of sp³-hybridized carbons (Fsp3) is 0.800. The number of carboxylic acids is 4. The first-order valence-corrected chi connectivity index (χ1v) is 28.7. The molecule has 0 aromatic carbocycles. The lowest BCUT2D eigenvalue weighted by Crippen LogP contribution is -2.45. The van der Waals surface area contributed by atoms with Crippen molar-refractivity contribution in [2.45, 2.75) is 205 Å². The molecule has 0 aliphatic rings. The molecular formula is C55H98N6O19. The van der Waals surface area contributed by atoms with Crippen molar-refractivity contribution < 1.29 is 93.5 Å². The third-order valence-corrected chi connectivity index (χ3v) is 12.9. The molecule has 0 saturated heterocycles. The van der Waals surface area contributed by atoms with Crippen molar-refractivity contribution in [2.24, 2.45) is 5.92 Å². The number of rotatable bonds is 56. The molecule has 0 unspecified atom stereocenters. The maximum Gasteiger partial charge on any atom is 0.326 e. The summed E-state index contributed by atoms with van der Waals surface area (Å²) in [7, 11) is 0. The average Bonchev–Trinajstić information content (AvgIpc) is 3.40. The molecule has 0 rings (SSSR count). The molecule has 0 heterocycles. The third-order valence-electron chi connectivity index (χ3n) is 12.9. The zero-order valence-corrected chi connectivity index (χ0v) is 47.6. The van der Waals surface area contributed by atoms with Crippen LogP contribution in [0.15, 0.2) is 0 Å². The predicted molar refractivity (Wildman–Crippen MR) is 295 cm³/mol. The summed E-state index contributed by atoms with van der Waals surface area (Å²) in [6, 6.07) is -4.04. The van der Waals surface area contributed by atoms with E-state index in [0.29, 0.717) is 25.8 Å². The molecule has 0 aromatic rings. The Kier molecular flexibility index (Phi) is 46.6. The molecule has 10 N–H and O–H groups in total. The van der Waals surface area contributed by atoms with Gasteiger partial charge in [0.05, 0.1) is 39.6 Å². The van der Waals surface area contributed by atoms with Crippen molar-refractivity contribution >= 4 is 65.1 Å². The van der Waals surface area contributed by atoms with Gasteiger partial charge in [0.2, 0.25) is 35.4 Å². The van der Waals surface area contributed by atoms with Gasteiger partial charge in [-0.1, -0.05) is 103 Å². The second-order valence-electron chi connectivity index (χ2n) is 19.9. The molecule has 4 atom stereocenters. The molecular weight excluding hydrogens is 1050 g/mol. The lowest BCUT2D eigenvalue weighted by molar-refractivity contribution is -0.144. The number of aliphatic carboxylic acids is 4. The summed E-state index contributed by atoms with van der Waals surface area (Å²) < 4.78 is 21.2. The third kappa shape index (κ3) is 47.1. The van der Waals surface area contributed by atoms with Crippen LogP contribution in [0.25, 0.3) is 0 Å². The molecule has 0 radical (unpaired) electrons. The van der Waals surface area contributed by atoms with Gasteiger partial charge in [-0.05, 0) is 51.9 Å². The molecule has 0 aromatic heterocycles. The van der Waals surface area contributed by atoms with Crippen molar-refractivity contribution in [3.63, 3.8) is 0 Å². The van der Waals surface area contributed by atoms with Crippen LogP contribution < -0.4 is 31.9 Å². The Bertz CT molecular complexity index is 1810. The first kappa shape index (κ1) is 74.2. The highest BCUT2D eigenvalue weighted by Crippen LogP contribution is 2.15. The quantitative estimate of drug-likeness (QED) is 0.0381. The molecule has 0 spiro atoms. The second kappa shape index (κ2) is 50.2. The number of hydrogen-bond acceptors (Lipinski definition) is 15. The second-order valence-corrected chi connectivity index (χ2v) is 19.9. The van der Waals surface area contributed by atoms with Crippen molar-refractivity contribution in [3.05, 3.63) is 0 Å². The molecule has 25 heteroatoms. The number of ether oxygens (including phenoxy) is 4. The number of carboxylic acid groups (broad SMARTS) is 4. The van der Waals surface area contributed by atoms with E-state index in [0.717, 1.165) is 51.4 Å². The van der Waals surface area contributed by atoms with Crippen molar-refractivity contribution in [1.29, 1.82) is 0 Å². The van der Waals surface area contributed by atoms with Crippen LogP contribution in [0.2, 0.25) is 0 Å². The number of Topliss-reactive ketones (excluding diaryl/α,β-unsaturated/α-hetero) is 1. The van der Waals surface area contributed by atoms with E-state index in [-0.39, 0.29) is 129 Å². The highest BCUT2D eigenvalue weighted by molar-refractivity contribution is 5.87. The van der Waals surface area contributed by atoms with Gasteiger partial charge in [-0.3, -0.25) is 38.4 Å². The van der Waals surface area contributed by atoms with Gasteiger partial charge < -0.3 is 71.3 Å². The van der Waals surface area contributed by atoms with Crippen LogP contribution in [-0.4, -0.2) is 176 Å². The standard InChI is InChI=1S/C55H96N6O19.H2/c1-41(42(2)62)21-19-20-30-56-46(63)27-24-44(54(73)74)60-49(66)29-26-45(55(75)76)61-51(68)40-80-38-36-78-34-32-58-50(67)39-79-37-35-77-33-31-57-47(64)28-25-43(53(71)72)59-48(65)22-17-15-13-11-9-7-5-3-4-6-8-10-12-14-16-18-23-52(69)70;/h41,43-45H,3-40H2,1-2H3,(H,56,63)(H,57,64)(H,58,67)(H,59,65)(H,60,66)(H,61,68)(H,69,70)(H,71,72)(H,73,74)(H,75,76);1H/t41-,43-,44-,45-;/m0./s1. The minimum Gasteiger partial charge on any atom is -0.481 e. The molecule has 80 heavy (non-hydrogen) atoms. The van der Waals surface area contributed by atoms with E-state index in [2.05, 4.69) is 31.9 Å². The molecule has 0 fully saturated rings. The first-order valence-electron chi connectivity index (χ1n) is 28.7. The van der Waals surface area contributed by atoms with Gasteiger partial charge in [0.25, 0.3) is 0 Å². The summed E-state index contributed by atoms with van der Waals surface area (Å²) in [5, 5.41) is 52.2. The van der Waals surface area contributed by atoms with Crippen LogP contribution in [0.1, 0.15) is 189 Å². The molecule has 0 bridgehead atoms. The maximum atomic E-state index is 12.5. The number of hydrogen-bond donors (Lipinski definition) is 10. The van der Waals surface area contributed by atoms with E-state index in [1.807, 2.05) is 6.92 Å². The normalized spacial score (nSPS) is 12.5. The Labute approximate surface area is 473 Å².